The first-order chi connectivity index (χ1) is 13.0. The lowest BCUT2D eigenvalue weighted by atomic mass is 10.1. The van der Waals surface area contributed by atoms with E-state index >= 15 is 0 Å². The van der Waals surface area contributed by atoms with Crippen molar-refractivity contribution >= 4 is 11.9 Å². The highest BCUT2D eigenvalue weighted by Crippen LogP contribution is 2.10. The van der Waals surface area contributed by atoms with E-state index in [1.54, 1.807) is 0 Å². The Morgan fingerprint density at radius 2 is 1.48 bits per heavy atom. The van der Waals surface area contributed by atoms with Crippen molar-refractivity contribution in [2.75, 3.05) is 6.61 Å². The van der Waals surface area contributed by atoms with Crippen LogP contribution in [0.3, 0.4) is 0 Å². The number of carbonyl (C=O) groups is 2. The highest BCUT2D eigenvalue weighted by Gasteiger charge is 2.02. The Morgan fingerprint density at radius 3 is 2.04 bits per heavy atom. The van der Waals surface area contributed by atoms with E-state index in [0.29, 0.717) is 13.0 Å². The van der Waals surface area contributed by atoms with Crippen LogP contribution in [0.4, 0.5) is 0 Å². The van der Waals surface area contributed by atoms with Gasteiger partial charge in [0.05, 0.1) is 6.61 Å². The minimum absolute atomic E-state index is 0.211. The number of aliphatic hydroxyl groups excluding tert-OH is 1. The summed E-state index contributed by atoms with van der Waals surface area (Å²) in [6, 6.07) is 0. The van der Waals surface area contributed by atoms with E-state index in [2.05, 4.69) is 30.3 Å². The van der Waals surface area contributed by atoms with Gasteiger partial charge in [0.15, 0.2) is 6.10 Å². The molecule has 150 valence electrons. The summed E-state index contributed by atoms with van der Waals surface area (Å²) >= 11 is 0. The lowest BCUT2D eigenvalue weighted by Crippen LogP contribution is -2.10. The summed E-state index contributed by atoms with van der Waals surface area (Å²) in [6.45, 7) is 6.79. The molecular weight excluding hydrogens is 344 g/mol. The topological polar surface area (TPSA) is 72.8 Å². The maximum atomic E-state index is 10.8. The third-order valence-electron chi connectivity index (χ3n) is 3.70. The Hall–Kier alpha value is -2.24. The van der Waals surface area contributed by atoms with Gasteiger partial charge >= 0.3 is 11.9 Å². The Bertz CT molecular complexity index is 559. The molecule has 0 saturated heterocycles. The first-order valence-corrected chi connectivity index (χ1v) is 9.58. The fraction of sp³-hybridized carbons (Fsp3) is 0.636. The summed E-state index contributed by atoms with van der Waals surface area (Å²) < 4.78 is 9.76. The van der Waals surface area contributed by atoms with Gasteiger partial charge in [-0.2, -0.15) is 0 Å². The number of hydrogen-bond donors (Lipinski definition) is 1. The van der Waals surface area contributed by atoms with Crippen LogP contribution in [0, 0.1) is 23.7 Å². The van der Waals surface area contributed by atoms with Crippen molar-refractivity contribution in [3.8, 4) is 23.7 Å². The average molecular weight is 376 g/mol. The monoisotopic (exact) mass is 376 g/mol. The molecule has 0 aromatic rings. The molecule has 0 bridgehead atoms. The highest BCUT2D eigenvalue weighted by atomic mass is 16.5. The quantitative estimate of drug-likeness (QED) is 0.230. The third-order valence-corrected chi connectivity index (χ3v) is 3.70. The fourth-order valence-electron chi connectivity index (χ4n) is 2.33. The van der Waals surface area contributed by atoms with Crippen LogP contribution in [0.2, 0.25) is 0 Å². The summed E-state index contributed by atoms with van der Waals surface area (Å²) in [5.41, 5.74) is 0. The number of aliphatic hydroxyl groups is 1. The molecule has 5 heteroatoms. The van der Waals surface area contributed by atoms with Gasteiger partial charge in [0.25, 0.3) is 0 Å². The van der Waals surface area contributed by atoms with Crippen LogP contribution in [0.5, 0.6) is 0 Å². The summed E-state index contributed by atoms with van der Waals surface area (Å²) in [7, 11) is 0. The zero-order chi connectivity index (χ0) is 20.3. The van der Waals surface area contributed by atoms with Gasteiger partial charge in [-0.3, -0.25) is 9.59 Å². The van der Waals surface area contributed by atoms with Gasteiger partial charge < -0.3 is 14.6 Å². The SMILES string of the molecule is C=CC(C#CC#C[C@@H](O)CCCCCCCCCCOC(C)=O)OC(C)=O. The Morgan fingerprint density at radius 1 is 0.926 bits per heavy atom. The number of esters is 2. The van der Waals surface area contributed by atoms with Crippen LogP contribution in [0.25, 0.3) is 0 Å². The van der Waals surface area contributed by atoms with E-state index in [1.807, 2.05) is 0 Å². The maximum Gasteiger partial charge on any atom is 0.304 e. The van der Waals surface area contributed by atoms with Crippen molar-refractivity contribution in [3.63, 3.8) is 0 Å². The average Bonchev–Trinajstić information content (AvgIpc) is 2.61. The molecule has 0 aromatic heterocycles. The van der Waals surface area contributed by atoms with E-state index in [1.165, 1.54) is 32.8 Å². The maximum absolute atomic E-state index is 10.8. The van der Waals surface area contributed by atoms with Gasteiger partial charge in [0.1, 0.15) is 6.10 Å². The van der Waals surface area contributed by atoms with Crippen LogP contribution in [-0.2, 0) is 19.1 Å². The molecule has 0 aromatic carbocycles. The van der Waals surface area contributed by atoms with Gasteiger partial charge in [0, 0.05) is 13.8 Å². The smallest absolute Gasteiger partial charge is 0.304 e. The number of carbonyl (C=O) groups excluding carboxylic acids is 2. The van der Waals surface area contributed by atoms with Crippen molar-refractivity contribution in [1.82, 2.24) is 0 Å². The molecule has 0 rings (SSSR count). The minimum atomic E-state index is -0.684. The fourth-order valence-corrected chi connectivity index (χ4v) is 2.33. The molecule has 5 nitrogen and oxygen atoms in total. The molecule has 0 heterocycles. The zero-order valence-electron chi connectivity index (χ0n) is 16.6. The first-order valence-electron chi connectivity index (χ1n) is 9.58. The highest BCUT2D eigenvalue weighted by molar-refractivity contribution is 5.66. The predicted octanol–water partition coefficient (Wildman–Crippen LogP) is 3.55. The second-order valence-corrected chi connectivity index (χ2v) is 6.28. The van der Waals surface area contributed by atoms with Gasteiger partial charge in [-0.25, -0.2) is 0 Å². The number of rotatable bonds is 13. The Balaban J connectivity index is 3.65. The summed E-state index contributed by atoms with van der Waals surface area (Å²) in [4.78, 5) is 21.4. The molecule has 0 spiro atoms. The number of unbranched alkanes of at least 4 members (excludes halogenated alkanes) is 7. The molecule has 0 aliphatic carbocycles. The van der Waals surface area contributed by atoms with Gasteiger partial charge in [-0.15, -0.1) is 0 Å². The lowest BCUT2D eigenvalue weighted by molar-refractivity contribution is -0.142. The van der Waals surface area contributed by atoms with Gasteiger partial charge in [-0.1, -0.05) is 51.0 Å². The second-order valence-electron chi connectivity index (χ2n) is 6.28. The molecule has 0 aliphatic rings. The number of ether oxygens (including phenoxy) is 2. The Kier molecular flexibility index (Phi) is 15.8. The van der Waals surface area contributed by atoms with Crippen LogP contribution in [-0.4, -0.2) is 35.9 Å². The largest absolute Gasteiger partial charge is 0.466 e. The molecule has 0 aliphatic heterocycles. The molecule has 1 unspecified atom stereocenters. The third kappa shape index (κ3) is 18.4. The zero-order valence-corrected chi connectivity index (χ0v) is 16.6. The van der Waals surface area contributed by atoms with Crippen molar-refractivity contribution in [2.45, 2.75) is 83.8 Å². The Labute approximate surface area is 163 Å². The first kappa shape index (κ1) is 24.8. The predicted molar refractivity (Wildman–Crippen MR) is 105 cm³/mol. The van der Waals surface area contributed by atoms with Gasteiger partial charge in [-0.05, 0) is 43.1 Å². The van der Waals surface area contributed by atoms with Crippen molar-refractivity contribution in [1.29, 1.82) is 0 Å². The molecule has 2 atom stereocenters. The lowest BCUT2D eigenvalue weighted by Gasteiger charge is -2.04. The molecule has 0 fully saturated rings. The summed E-state index contributed by atoms with van der Waals surface area (Å²) in [5.74, 6) is 9.84. The molecule has 0 saturated carbocycles. The second kappa shape index (κ2) is 17.2. The molecule has 0 radical (unpaired) electrons. The van der Waals surface area contributed by atoms with Crippen LogP contribution >= 0.6 is 0 Å². The van der Waals surface area contributed by atoms with E-state index in [-0.39, 0.29) is 5.97 Å². The van der Waals surface area contributed by atoms with Crippen molar-refractivity contribution in [2.24, 2.45) is 0 Å². The van der Waals surface area contributed by atoms with Crippen LogP contribution in [0.15, 0.2) is 12.7 Å². The van der Waals surface area contributed by atoms with E-state index in [9.17, 15) is 14.7 Å². The molecule has 1 N–H and O–H groups in total. The van der Waals surface area contributed by atoms with Crippen LogP contribution < -0.4 is 0 Å². The number of hydrogen-bond acceptors (Lipinski definition) is 5. The van der Waals surface area contributed by atoms with Crippen LogP contribution in [0.1, 0.15) is 71.6 Å². The summed E-state index contributed by atoms with van der Waals surface area (Å²) in [6.07, 6.45) is 9.39. The van der Waals surface area contributed by atoms with Crippen molar-refractivity contribution in [3.05, 3.63) is 12.7 Å². The summed E-state index contributed by atoms with van der Waals surface area (Å²) in [5, 5.41) is 9.80. The molecule has 0 amide bonds. The van der Waals surface area contributed by atoms with Gasteiger partial charge in [0.2, 0.25) is 0 Å². The standard InChI is InChI=1S/C22H32O5/c1-4-22(27-20(3)24)17-13-12-16-21(25)15-11-9-7-5-6-8-10-14-18-26-19(2)23/h4,21-22,25H,1,5-11,14-15,18H2,2-3H3/t21-,22?/m0/s1. The minimum Gasteiger partial charge on any atom is -0.466 e. The normalized spacial score (nSPS) is 11.8. The molecular formula is C22H32O5. The van der Waals surface area contributed by atoms with E-state index in [0.717, 1.165) is 38.5 Å². The van der Waals surface area contributed by atoms with E-state index in [4.69, 9.17) is 9.47 Å². The van der Waals surface area contributed by atoms with Crippen molar-refractivity contribution < 1.29 is 24.2 Å². The molecule has 27 heavy (non-hydrogen) atoms. The van der Waals surface area contributed by atoms with E-state index < -0.39 is 18.2 Å².